The second kappa shape index (κ2) is 16.7. The first-order valence-corrected chi connectivity index (χ1v) is 13.6. The third-order valence-electron chi connectivity index (χ3n) is 7.23. The van der Waals surface area contributed by atoms with Gasteiger partial charge in [0, 0.05) is 63.6 Å². The number of amides is 2. The SMILES string of the molecule is CCN1C(=O)C(C)(C)C(=O)N(C)c2cc(OCCCN(CCc3cccnc3)Cc3ccnc(C)c3)ccc21.Cl.Cl.Cl. The molecule has 0 bridgehead atoms. The van der Waals surface area contributed by atoms with Crippen molar-refractivity contribution < 1.29 is 14.3 Å². The molecule has 0 radical (unpaired) electrons. The van der Waals surface area contributed by atoms with Gasteiger partial charge in [-0.05, 0) is 82.0 Å². The normalized spacial score (nSPS) is 13.9. The van der Waals surface area contributed by atoms with Gasteiger partial charge in [-0.2, -0.15) is 0 Å². The molecule has 0 saturated carbocycles. The van der Waals surface area contributed by atoms with Crippen molar-refractivity contribution in [3.8, 4) is 5.75 Å². The zero-order valence-electron chi connectivity index (χ0n) is 24.9. The Morgan fingerprint density at radius 2 is 1.69 bits per heavy atom. The summed E-state index contributed by atoms with van der Waals surface area (Å²) in [6, 6.07) is 13.9. The smallest absolute Gasteiger partial charge is 0.242 e. The van der Waals surface area contributed by atoms with Crippen LogP contribution in [0.2, 0.25) is 0 Å². The third-order valence-corrected chi connectivity index (χ3v) is 7.23. The van der Waals surface area contributed by atoms with Gasteiger partial charge in [-0.1, -0.05) is 6.07 Å². The van der Waals surface area contributed by atoms with Gasteiger partial charge in [0.2, 0.25) is 11.8 Å². The molecule has 3 aromatic rings. The van der Waals surface area contributed by atoms with Crippen LogP contribution < -0.4 is 14.5 Å². The van der Waals surface area contributed by atoms with Gasteiger partial charge in [0.15, 0.2) is 0 Å². The molecule has 0 saturated heterocycles. The van der Waals surface area contributed by atoms with Crippen molar-refractivity contribution in [2.24, 2.45) is 5.41 Å². The summed E-state index contributed by atoms with van der Waals surface area (Å²) in [5.41, 5.74) is 3.76. The Balaban J connectivity index is 0.00000294. The molecule has 42 heavy (non-hydrogen) atoms. The van der Waals surface area contributed by atoms with Crippen LogP contribution in [0.3, 0.4) is 0 Å². The molecule has 0 spiro atoms. The van der Waals surface area contributed by atoms with Crippen molar-refractivity contribution >= 4 is 60.4 Å². The summed E-state index contributed by atoms with van der Waals surface area (Å²) in [6.45, 7) is 11.0. The van der Waals surface area contributed by atoms with Gasteiger partial charge in [0.1, 0.15) is 11.2 Å². The average Bonchev–Trinajstić information content (AvgIpc) is 2.98. The number of carbonyl (C=O) groups is 2. The lowest BCUT2D eigenvalue weighted by Crippen LogP contribution is -2.47. The van der Waals surface area contributed by atoms with E-state index in [1.165, 1.54) is 11.1 Å². The summed E-state index contributed by atoms with van der Waals surface area (Å²) in [6.07, 6.45) is 7.35. The fraction of sp³-hybridized carbons (Fsp3) is 0.419. The summed E-state index contributed by atoms with van der Waals surface area (Å²) in [5, 5.41) is 0. The van der Waals surface area contributed by atoms with Gasteiger partial charge in [0.05, 0.1) is 18.0 Å². The van der Waals surface area contributed by atoms with E-state index >= 15 is 0 Å². The highest BCUT2D eigenvalue weighted by atomic mass is 35.5. The van der Waals surface area contributed by atoms with Gasteiger partial charge in [0.25, 0.3) is 0 Å². The molecule has 4 rings (SSSR count). The van der Waals surface area contributed by atoms with Crippen molar-refractivity contribution in [3.05, 3.63) is 77.9 Å². The number of halogens is 3. The molecular formula is C31H42Cl3N5O3. The predicted molar refractivity (Wildman–Crippen MR) is 176 cm³/mol. The fourth-order valence-electron chi connectivity index (χ4n) is 5.01. The minimum absolute atomic E-state index is 0. The highest BCUT2D eigenvalue weighted by Gasteiger charge is 2.45. The maximum atomic E-state index is 13.1. The third kappa shape index (κ3) is 8.80. The van der Waals surface area contributed by atoms with E-state index in [2.05, 4.69) is 33.1 Å². The van der Waals surface area contributed by atoms with E-state index in [0.29, 0.717) is 24.6 Å². The molecule has 0 unspecified atom stereocenters. The molecule has 0 fully saturated rings. The summed E-state index contributed by atoms with van der Waals surface area (Å²) >= 11 is 0. The van der Waals surface area contributed by atoms with Crippen LogP contribution in [0, 0.1) is 12.3 Å². The average molecular weight is 639 g/mol. The number of nitrogens with zero attached hydrogens (tertiary/aromatic N) is 5. The van der Waals surface area contributed by atoms with Crippen LogP contribution in [0.4, 0.5) is 11.4 Å². The van der Waals surface area contributed by atoms with E-state index in [9.17, 15) is 9.59 Å². The number of pyridine rings is 2. The molecule has 0 atom stereocenters. The zero-order valence-corrected chi connectivity index (χ0v) is 27.4. The van der Waals surface area contributed by atoms with Crippen LogP contribution in [0.1, 0.15) is 44.0 Å². The van der Waals surface area contributed by atoms with Crippen molar-refractivity contribution in [2.75, 3.05) is 43.1 Å². The van der Waals surface area contributed by atoms with Crippen molar-refractivity contribution in [1.29, 1.82) is 0 Å². The maximum Gasteiger partial charge on any atom is 0.242 e. The summed E-state index contributed by atoms with van der Waals surface area (Å²) in [5.74, 6) is 0.269. The predicted octanol–water partition coefficient (Wildman–Crippen LogP) is 5.92. The molecule has 8 nitrogen and oxygen atoms in total. The van der Waals surface area contributed by atoms with Gasteiger partial charge in [-0.3, -0.25) is 24.5 Å². The van der Waals surface area contributed by atoms with Crippen LogP contribution in [-0.4, -0.2) is 60.0 Å². The second-order valence-electron chi connectivity index (χ2n) is 10.6. The first-order valence-electron chi connectivity index (χ1n) is 13.6. The number of aromatic nitrogens is 2. The Labute approximate surface area is 268 Å². The van der Waals surface area contributed by atoms with Gasteiger partial charge in [-0.25, -0.2) is 0 Å². The van der Waals surface area contributed by atoms with Gasteiger partial charge in [-0.15, -0.1) is 37.2 Å². The number of benzene rings is 1. The summed E-state index contributed by atoms with van der Waals surface area (Å²) < 4.78 is 6.14. The number of hydrogen-bond acceptors (Lipinski definition) is 6. The van der Waals surface area contributed by atoms with E-state index in [0.717, 1.165) is 43.9 Å². The first kappa shape index (κ1) is 37.1. The number of ether oxygens (including phenoxy) is 1. The van der Waals surface area contributed by atoms with Crippen molar-refractivity contribution in [2.45, 2.75) is 47.1 Å². The van der Waals surface area contributed by atoms with Crippen LogP contribution in [0.15, 0.2) is 61.1 Å². The fourth-order valence-corrected chi connectivity index (χ4v) is 5.01. The topological polar surface area (TPSA) is 78.9 Å². The minimum Gasteiger partial charge on any atom is -0.493 e. The van der Waals surface area contributed by atoms with Crippen LogP contribution in [0.5, 0.6) is 5.75 Å². The lowest BCUT2D eigenvalue weighted by molar-refractivity contribution is -0.137. The molecule has 230 valence electrons. The number of hydrogen-bond donors (Lipinski definition) is 0. The Morgan fingerprint density at radius 1 is 0.929 bits per heavy atom. The Hall–Kier alpha value is -2.91. The number of anilines is 2. The largest absolute Gasteiger partial charge is 0.493 e. The number of rotatable bonds is 11. The standard InChI is InChI=1S/C31H39N5O3.3ClH/c1-6-36-27-11-10-26(20-28(27)34(5)29(37)31(3,4)30(36)38)39-18-8-16-35(17-13-24-9-7-14-32-21-24)22-25-12-15-33-23(2)19-25;;;/h7,9-12,14-15,19-21H,6,8,13,16-18,22H2,1-5H3;3*1H. The highest BCUT2D eigenvalue weighted by molar-refractivity contribution is 6.20. The van der Waals surface area contributed by atoms with Crippen LogP contribution in [0.25, 0.3) is 0 Å². The number of fused-ring (bicyclic) bond motifs is 1. The zero-order chi connectivity index (χ0) is 28.0. The highest BCUT2D eigenvalue weighted by Crippen LogP contribution is 2.40. The molecule has 11 heteroatoms. The summed E-state index contributed by atoms with van der Waals surface area (Å²) in [4.78, 5) is 40.5. The Bertz CT molecular complexity index is 1310. The lowest BCUT2D eigenvalue weighted by Gasteiger charge is -2.27. The molecule has 0 aliphatic carbocycles. The van der Waals surface area contributed by atoms with Gasteiger partial charge < -0.3 is 14.5 Å². The molecule has 2 aromatic heterocycles. The number of aryl methyl sites for hydroxylation is 1. The van der Waals surface area contributed by atoms with E-state index in [1.807, 2.05) is 50.5 Å². The second-order valence-corrected chi connectivity index (χ2v) is 10.6. The molecule has 1 aliphatic rings. The molecule has 1 aromatic carbocycles. The first-order chi connectivity index (χ1) is 18.7. The Morgan fingerprint density at radius 3 is 2.36 bits per heavy atom. The van der Waals surface area contributed by atoms with E-state index < -0.39 is 5.41 Å². The lowest BCUT2D eigenvalue weighted by atomic mass is 9.90. The van der Waals surface area contributed by atoms with Gasteiger partial charge >= 0.3 is 0 Å². The van der Waals surface area contributed by atoms with Crippen molar-refractivity contribution in [3.63, 3.8) is 0 Å². The molecule has 1 aliphatic heterocycles. The minimum atomic E-state index is -1.13. The van der Waals surface area contributed by atoms with E-state index in [1.54, 1.807) is 36.9 Å². The molecule has 3 heterocycles. The molecular weight excluding hydrogens is 597 g/mol. The van der Waals surface area contributed by atoms with Crippen LogP contribution >= 0.6 is 37.2 Å². The van der Waals surface area contributed by atoms with E-state index in [4.69, 9.17) is 4.74 Å². The maximum absolute atomic E-state index is 13.1. The summed E-state index contributed by atoms with van der Waals surface area (Å²) in [7, 11) is 1.72. The van der Waals surface area contributed by atoms with E-state index in [-0.39, 0.29) is 49.0 Å². The molecule has 0 N–H and O–H groups in total. The van der Waals surface area contributed by atoms with Crippen molar-refractivity contribution in [1.82, 2.24) is 14.9 Å². The molecule has 2 amide bonds. The monoisotopic (exact) mass is 637 g/mol. The quantitative estimate of drug-likeness (QED) is 0.192. The Kier molecular flexibility index (Phi) is 14.7. The number of carbonyl (C=O) groups excluding carboxylic acids is 2. The van der Waals surface area contributed by atoms with Crippen LogP contribution in [-0.2, 0) is 22.6 Å².